The number of benzene rings is 2. The number of nitriles is 1. The number of halogens is 4. The second-order valence-electron chi connectivity index (χ2n) is 9.53. The molecule has 0 unspecified atom stereocenters. The average molecular weight is 516 g/mol. The van der Waals surface area contributed by atoms with Gasteiger partial charge >= 0.3 is 0 Å². The van der Waals surface area contributed by atoms with E-state index in [2.05, 4.69) is 5.16 Å². The number of aromatic nitrogens is 1. The second-order valence-corrected chi connectivity index (χ2v) is 10.3. The topological polar surface area (TPSA) is 62.3 Å². The van der Waals surface area contributed by atoms with Crippen LogP contribution in [0.15, 0.2) is 34.9 Å². The first-order valence-corrected chi connectivity index (χ1v) is 12.4. The Hall–Kier alpha value is -2.66. The van der Waals surface area contributed by atoms with Gasteiger partial charge in [0.25, 0.3) is 0 Å². The lowest BCUT2D eigenvalue weighted by Gasteiger charge is -2.33. The number of anilines is 1. The van der Waals surface area contributed by atoms with Crippen molar-refractivity contribution in [3.8, 4) is 17.3 Å². The van der Waals surface area contributed by atoms with E-state index < -0.39 is 17.2 Å². The molecule has 1 aliphatic heterocycles. The Morgan fingerprint density at radius 3 is 2.46 bits per heavy atom. The first-order valence-electron chi connectivity index (χ1n) is 11.6. The van der Waals surface area contributed by atoms with Crippen molar-refractivity contribution in [2.45, 2.75) is 50.4 Å². The highest BCUT2D eigenvalue weighted by molar-refractivity contribution is 6.39. The molecule has 3 atom stereocenters. The Balaban J connectivity index is 1.20. The van der Waals surface area contributed by atoms with E-state index in [0.717, 1.165) is 37.0 Å². The number of hydrogen-bond donors (Lipinski definition) is 0. The summed E-state index contributed by atoms with van der Waals surface area (Å²) < 4.78 is 40.4. The number of ether oxygens (including phenoxy) is 1. The standard InChI is InChI=1S/C26H21Cl2F2N3O2/c27-19-2-1-3-20(28)24(19)25-18(26(35-32-25)13-4-5-13)12-34-23-9-15-6-14(23)11-33(15)16-7-21(29)17(10-31)22(30)8-16/h1-3,7-8,13-15,23H,4-6,9,11-12H2/t14-,15-,23+/m0/s1. The van der Waals surface area contributed by atoms with Gasteiger partial charge in [-0.2, -0.15) is 5.26 Å². The number of fused-ring (bicyclic) bond motifs is 2. The van der Waals surface area contributed by atoms with Crippen LogP contribution in [0, 0.1) is 28.9 Å². The summed E-state index contributed by atoms with van der Waals surface area (Å²) in [6.07, 6.45) is 3.76. The summed E-state index contributed by atoms with van der Waals surface area (Å²) in [4.78, 5) is 2.02. The van der Waals surface area contributed by atoms with Gasteiger partial charge in [0.2, 0.25) is 0 Å². The molecule has 3 aromatic rings. The van der Waals surface area contributed by atoms with Gasteiger partial charge in [-0.1, -0.05) is 34.4 Å². The summed E-state index contributed by atoms with van der Waals surface area (Å²) in [6.45, 7) is 0.975. The van der Waals surface area contributed by atoms with Crippen molar-refractivity contribution in [2.24, 2.45) is 5.92 Å². The minimum atomic E-state index is -0.830. The molecular formula is C26H21Cl2F2N3O2. The minimum absolute atomic E-state index is 0.0147. The SMILES string of the molecule is N#Cc1c(F)cc(N2C[C@@H]3C[C@H]2C[C@H]3OCc2c(-c3c(Cl)cccc3Cl)noc2C2CC2)cc1F. The predicted octanol–water partition coefficient (Wildman–Crippen LogP) is 6.86. The van der Waals surface area contributed by atoms with E-state index in [9.17, 15) is 8.78 Å². The fraction of sp³-hybridized carbons (Fsp3) is 0.385. The van der Waals surface area contributed by atoms with E-state index in [1.807, 2.05) is 4.90 Å². The quantitative estimate of drug-likeness (QED) is 0.358. The molecular weight excluding hydrogens is 495 g/mol. The largest absolute Gasteiger partial charge is 0.373 e. The molecule has 3 fully saturated rings. The van der Waals surface area contributed by atoms with Gasteiger partial charge in [-0.15, -0.1) is 0 Å². The lowest BCUT2D eigenvalue weighted by molar-refractivity contribution is 0.0122. The van der Waals surface area contributed by atoms with Crippen LogP contribution in [0.4, 0.5) is 14.5 Å². The van der Waals surface area contributed by atoms with Gasteiger partial charge in [0.1, 0.15) is 34.7 Å². The number of hydrogen-bond acceptors (Lipinski definition) is 5. The van der Waals surface area contributed by atoms with Crippen LogP contribution in [0.1, 0.15) is 48.5 Å². The molecule has 2 heterocycles. The maximum Gasteiger partial charge on any atom is 0.146 e. The summed E-state index contributed by atoms with van der Waals surface area (Å²) >= 11 is 12.9. The maximum absolute atomic E-state index is 14.2. The van der Waals surface area contributed by atoms with Crippen molar-refractivity contribution < 1.29 is 18.0 Å². The Labute approximate surface area is 211 Å². The molecule has 0 radical (unpaired) electrons. The van der Waals surface area contributed by atoms with Crippen LogP contribution in [0.3, 0.4) is 0 Å². The lowest BCUT2D eigenvalue weighted by atomic mass is 10.0. The Morgan fingerprint density at radius 2 is 1.86 bits per heavy atom. The van der Waals surface area contributed by atoms with Crippen LogP contribution in [0.2, 0.25) is 10.0 Å². The smallest absolute Gasteiger partial charge is 0.146 e. The molecule has 1 saturated heterocycles. The monoisotopic (exact) mass is 515 g/mol. The van der Waals surface area contributed by atoms with Crippen molar-refractivity contribution in [3.05, 3.63) is 68.9 Å². The molecule has 0 amide bonds. The molecule has 9 heteroatoms. The third-order valence-electron chi connectivity index (χ3n) is 7.36. The summed E-state index contributed by atoms with van der Waals surface area (Å²) in [7, 11) is 0. The van der Waals surface area contributed by atoms with Crippen molar-refractivity contribution in [3.63, 3.8) is 0 Å². The first kappa shape index (κ1) is 22.8. The molecule has 180 valence electrons. The molecule has 0 spiro atoms. The van der Waals surface area contributed by atoms with Gasteiger partial charge in [-0.05, 0) is 49.9 Å². The fourth-order valence-electron chi connectivity index (χ4n) is 5.50. The molecule has 6 rings (SSSR count). The summed E-state index contributed by atoms with van der Waals surface area (Å²) in [5.74, 6) is -0.247. The van der Waals surface area contributed by atoms with Gasteiger partial charge < -0.3 is 14.2 Å². The van der Waals surface area contributed by atoms with E-state index in [1.54, 1.807) is 24.3 Å². The lowest BCUT2D eigenvalue weighted by Crippen LogP contribution is -2.38. The van der Waals surface area contributed by atoms with Crippen LogP contribution in [-0.2, 0) is 11.3 Å². The zero-order valence-electron chi connectivity index (χ0n) is 18.6. The molecule has 1 aromatic heterocycles. The maximum atomic E-state index is 14.2. The van der Waals surface area contributed by atoms with Crippen molar-refractivity contribution in [1.29, 1.82) is 5.26 Å². The van der Waals surface area contributed by atoms with E-state index in [4.69, 9.17) is 37.7 Å². The Kier molecular flexibility index (Phi) is 5.71. The van der Waals surface area contributed by atoms with E-state index >= 15 is 0 Å². The van der Waals surface area contributed by atoms with Crippen LogP contribution in [0.5, 0.6) is 0 Å². The zero-order chi connectivity index (χ0) is 24.3. The van der Waals surface area contributed by atoms with Gasteiger partial charge in [-0.3, -0.25) is 0 Å². The molecule has 2 aliphatic carbocycles. The highest BCUT2D eigenvalue weighted by atomic mass is 35.5. The molecule has 2 bridgehead atoms. The van der Waals surface area contributed by atoms with Crippen LogP contribution < -0.4 is 4.90 Å². The first-order chi connectivity index (χ1) is 16.9. The number of nitrogens with zero attached hydrogens (tertiary/aromatic N) is 3. The molecule has 5 nitrogen and oxygen atoms in total. The predicted molar refractivity (Wildman–Crippen MR) is 127 cm³/mol. The molecule has 3 aliphatic rings. The zero-order valence-corrected chi connectivity index (χ0v) is 20.1. The molecule has 2 aromatic carbocycles. The van der Waals surface area contributed by atoms with E-state index in [-0.39, 0.29) is 18.1 Å². The van der Waals surface area contributed by atoms with Gasteiger partial charge in [0, 0.05) is 41.2 Å². The molecule has 2 saturated carbocycles. The third-order valence-corrected chi connectivity index (χ3v) is 7.99. The Morgan fingerprint density at radius 1 is 1.14 bits per heavy atom. The Bertz CT molecular complexity index is 1310. The van der Waals surface area contributed by atoms with Crippen molar-refractivity contribution >= 4 is 28.9 Å². The van der Waals surface area contributed by atoms with Gasteiger partial charge in [0.05, 0.1) is 22.8 Å². The minimum Gasteiger partial charge on any atom is -0.373 e. The fourth-order valence-corrected chi connectivity index (χ4v) is 6.07. The summed E-state index contributed by atoms with van der Waals surface area (Å²) in [5, 5.41) is 14.3. The van der Waals surface area contributed by atoms with Crippen LogP contribution in [0.25, 0.3) is 11.3 Å². The summed E-state index contributed by atoms with van der Waals surface area (Å²) in [5.41, 5.74) is 2.08. The third kappa shape index (κ3) is 3.98. The second kappa shape index (κ2) is 8.77. The van der Waals surface area contributed by atoms with Crippen LogP contribution >= 0.6 is 23.2 Å². The van der Waals surface area contributed by atoms with Crippen molar-refractivity contribution in [1.82, 2.24) is 5.16 Å². The number of piperidine rings is 1. The van der Waals surface area contributed by atoms with Crippen LogP contribution in [-0.4, -0.2) is 23.8 Å². The van der Waals surface area contributed by atoms with Gasteiger partial charge in [0.15, 0.2) is 0 Å². The summed E-state index contributed by atoms with van der Waals surface area (Å²) in [6, 6.07) is 9.54. The van der Waals surface area contributed by atoms with E-state index in [0.29, 0.717) is 46.1 Å². The normalized spacial score (nSPS) is 23.2. The molecule has 0 N–H and O–H groups in total. The van der Waals surface area contributed by atoms with Gasteiger partial charge in [-0.25, -0.2) is 8.78 Å². The average Bonchev–Trinajstić information content (AvgIpc) is 3.28. The highest BCUT2D eigenvalue weighted by Crippen LogP contribution is 2.47. The highest BCUT2D eigenvalue weighted by Gasteiger charge is 2.46. The van der Waals surface area contributed by atoms with E-state index in [1.165, 1.54) is 12.1 Å². The number of rotatable bonds is 6. The van der Waals surface area contributed by atoms with Crippen molar-refractivity contribution in [2.75, 3.05) is 11.4 Å². The molecule has 35 heavy (non-hydrogen) atoms.